The first-order valence-electron chi connectivity index (χ1n) is 7.79. The lowest BCUT2D eigenvalue weighted by Crippen LogP contribution is -2.36. The molecule has 0 aromatic heterocycles. The fourth-order valence-electron chi connectivity index (χ4n) is 2.82. The molecule has 1 aromatic rings. The van der Waals surface area contributed by atoms with E-state index in [1.807, 2.05) is 25.7 Å². The summed E-state index contributed by atoms with van der Waals surface area (Å²) in [7, 11) is 0. The van der Waals surface area contributed by atoms with Gasteiger partial charge in [-0.05, 0) is 63.3 Å². The molecule has 4 nitrogen and oxygen atoms in total. The topological polar surface area (TPSA) is 55.6 Å². The van der Waals surface area contributed by atoms with Crippen LogP contribution in [0.3, 0.4) is 0 Å². The number of hydrogen-bond acceptors (Lipinski definition) is 3. The summed E-state index contributed by atoms with van der Waals surface area (Å²) in [5, 5.41) is 0. The van der Waals surface area contributed by atoms with Crippen molar-refractivity contribution in [3.63, 3.8) is 0 Å². The Bertz CT molecular complexity index is 487. The molecule has 0 aliphatic heterocycles. The minimum Gasteiger partial charge on any atom is -0.483 e. The van der Waals surface area contributed by atoms with Crippen molar-refractivity contribution in [1.82, 2.24) is 4.90 Å². The van der Waals surface area contributed by atoms with Gasteiger partial charge in [0.1, 0.15) is 5.75 Å². The number of likely N-dealkylation sites (N-methyl/N-ethyl adjacent to an activating group) is 1. The van der Waals surface area contributed by atoms with Crippen molar-refractivity contribution in [3.8, 4) is 5.75 Å². The number of nitrogens with zero attached hydrogens (tertiary/aromatic N) is 1. The van der Waals surface area contributed by atoms with E-state index in [2.05, 4.69) is 12.1 Å². The average molecular weight is 290 g/mol. The van der Waals surface area contributed by atoms with Crippen molar-refractivity contribution in [2.24, 2.45) is 5.73 Å². The molecular weight excluding hydrogens is 264 g/mol. The number of carbonyl (C=O) groups is 1. The van der Waals surface area contributed by atoms with Gasteiger partial charge in [0.05, 0.1) is 0 Å². The number of ether oxygens (including phenoxy) is 1. The molecule has 21 heavy (non-hydrogen) atoms. The second-order valence-corrected chi connectivity index (χ2v) is 5.80. The molecule has 0 atom stereocenters. The quantitative estimate of drug-likeness (QED) is 0.837. The monoisotopic (exact) mass is 290 g/mol. The summed E-state index contributed by atoms with van der Waals surface area (Å²) in [6.45, 7) is 7.60. The van der Waals surface area contributed by atoms with Gasteiger partial charge in [0.15, 0.2) is 6.61 Å². The molecule has 0 spiro atoms. The van der Waals surface area contributed by atoms with E-state index in [9.17, 15) is 4.79 Å². The van der Waals surface area contributed by atoms with Crippen LogP contribution in [0.25, 0.3) is 0 Å². The van der Waals surface area contributed by atoms with Gasteiger partial charge in [-0.2, -0.15) is 0 Å². The largest absolute Gasteiger partial charge is 0.483 e. The van der Waals surface area contributed by atoms with Crippen LogP contribution in [0, 0.1) is 13.8 Å². The molecule has 4 heteroatoms. The van der Waals surface area contributed by atoms with Gasteiger partial charge in [0.2, 0.25) is 0 Å². The van der Waals surface area contributed by atoms with Gasteiger partial charge in [-0.25, -0.2) is 0 Å². The summed E-state index contributed by atoms with van der Waals surface area (Å²) in [6.07, 6.45) is 3.13. The van der Waals surface area contributed by atoms with E-state index >= 15 is 0 Å². The maximum absolute atomic E-state index is 12.2. The van der Waals surface area contributed by atoms with Crippen molar-refractivity contribution in [3.05, 3.63) is 28.8 Å². The third-order valence-corrected chi connectivity index (χ3v) is 3.94. The van der Waals surface area contributed by atoms with Gasteiger partial charge in [0.25, 0.3) is 5.91 Å². The lowest BCUT2D eigenvalue weighted by Gasteiger charge is -2.21. The molecule has 1 fully saturated rings. The van der Waals surface area contributed by atoms with Crippen molar-refractivity contribution in [1.29, 1.82) is 0 Å². The minimum atomic E-state index is 0.0878. The Morgan fingerprint density at radius 1 is 1.33 bits per heavy atom. The molecule has 2 N–H and O–H groups in total. The molecule has 1 aromatic carbocycles. The summed E-state index contributed by atoms with van der Waals surface area (Å²) >= 11 is 0. The number of hydrogen-bond donors (Lipinski definition) is 1. The highest BCUT2D eigenvalue weighted by molar-refractivity contribution is 5.78. The van der Waals surface area contributed by atoms with Crippen LogP contribution in [0.1, 0.15) is 36.5 Å². The summed E-state index contributed by atoms with van der Waals surface area (Å²) in [5.74, 6) is 0.917. The standard InChI is InChI=1S/C17H26N2O2/c1-4-19(15-5-6-15)16(20)11-21-17-12(2)9-14(7-8-18)10-13(17)3/h9-10,15H,4-8,11,18H2,1-3H3. The van der Waals surface area contributed by atoms with Crippen molar-refractivity contribution in [2.75, 3.05) is 19.7 Å². The number of carbonyl (C=O) groups excluding carboxylic acids is 1. The number of nitrogens with two attached hydrogens (primary N) is 1. The molecule has 2 rings (SSSR count). The number of amides is 1. The van der Waals surface area contributed by atoms with Gasteiger partial charge < -0.3 is 15.4 Å². The first-order valence-corrected chi connectivity index (χ1v) is 7.79. The van der Waals surface area contributed by atoms with E-state index in [4.69, 9.17) is 10.5 Å². The maximum Gasteiger partial charge on any atom is 0.260 e. The van der Waals surface area contributed by atoms with Gasteiger partial charge >= 0.3 is 0 Å². The highest BCUT2D eigenvalue weighted by atomic mass is 16.5. The van der Waals surface area contributed by atoms with Crippen molar-refractivity contribution >= 4 is 5.91 Å². The molecule has 1 saturated carbocycles. The third-order valence-electron chi connectivity index (χ3n) is 3.94. The predicted octanol–water partition coefficient (Wildman–Crippen LogP) is 2.19. The lowest BCUT2D eigenvalue weighted by molar-refractivity contribution is -0.133. The smallest absolute Gasteiger partial charge is 0.260 e. The van der Waals surface area contributed by atoms with E-state index in [1.165, 1.54) is 5.56 Å². The molecule has 116 valence electrons. The molecular formula is C17H26N2O2. The Balaban J connectivity index is 2.00. The predicted molar refractivity (Wildman–Crippen MR) is 84.6 cm³/mol. The fourth-order valence-corrected chi connectivity index (χ4v) is 2.82. The minimum absolute atomic E-state index is 0.0878. The van der Waals surface area contributed by atoms with Crippen molar-refractivity contribution in [2.45, 2.75) is 46.1 Å². The van der Waals surface area contributed by atoms with Crippen LogP contribution in [-0.4, -0.2) is 36.5 Å². The summed E-state index contributed by atoms with van der Waals surface area (Å²) in [4.78, 5) is 14.1. The second kappa shape index (κ2) is 6.94. The molecule has 1 amide bonds. The molecule has 0 unspecified atom stereocenters. The first kappa shape index (κ1) is 15.8. The zero-order valence-electron chi connectivity index (χ0n) is 13.3. The van der Waals surface area contributed by atoms with E-state index in [0.29, 0.717) is 12.6 Å². The number of rotatable bonds is 7. The first-order chi connectivity index (χ1) is 10.1. The van der Waals surface area contributed by atoms with Crippen LogP contribution in [0.4, 0.5) is 0 Å². The van der Waals surface area contributed by atoms with E-state index in [1.54, 1.807) is 0 Å². The van der Waals surface area contributed by atoms with Crippen LogP contribution in [0.2, 0.25) is 0 Å². The Morgan fingerprint density at radius 2 is 1.95 bits per heavy atom. The van der Waals surface area contributed by atoms with Crippen LogP contribution >= 0.6 is 0 Å². The lowest BCUT2D eigenvalue weighted by atomic mass is 10.0. The highest BCUT2D eigenvalue weighted by Gasteiger charge is 2.31. The molecule has 0 heterocycles. The van der Waals surface area contributed by atoms with Crippen LogP contribution in [0.5, 0.6) is 5.75 Å². The average Bonchev–Trinajstić information content (AvgIpc) is 3.23. The van der Waals surface area contributed by atoms with Gasteiger partial charge in [0, 0.05) is 12.6 Å². The Hall–Kier alpha value is -1.55. The summed E-state index contributed by atoms with van der Waals surface area (Å²) in [5.41, 5.74) is 8.96. The van der Waals surface area contributed by atoms with Crippen LogP contribution < -0.4 is 10.5 Å². The van der Waals surface area contributed by atoms with Crippen LogP contribution in [-0.2, 0) is 11.2 Å². The molecule has 0 bridgehead atoms. The SMILES string of the molecule is CCN(C(=O)COc1c(C)cc(CCN)cc1C)C1CC1. The fraction of sp³-hybridized carbons (Fsp3) is 0.588. The normalized spacial score (nSPS) is 14.1. The zero-order valence-corrected chi connectivity index (χ0v) is 13.3. The molecule has 1 aliphatic carbocycles. The molecule has 0 radical (unpaired) electrons. The molecule has 0 saturated heterocycles. The van der Waals surface area contributed by atoms with Gasteiger partial charge in [-0.3, -0.25) is 4.79 Å². The van der Waals surface area contributed by atoms with Crippen LogP contribution in [0.15, 0.2) is 12.1 Å². The number of aryl methyl sites for hydroxylation is 2. The van der Waals surface area contributed by atoms with Crippen molar-refractivity contribution < 1.29 is 9.53 Å². The maximum atomic E-state index is 12.2. The second-order valence-electron chi connectivity index (χ2n) is 5.80. The van der Waals surface area contributed by atoms with E-state index in [-0.39, 0.29) is 12.5 Å². The van der Waals surface area contributed by atoms with Gasteiger partial charge in [-0.15, -0.1) is 0 Å². The Labute approximate surface area is 127 Å². The summed E-state index contributed by atoms with van der Waals surface area (Å²) < 4.78 is 5.80. The number of benzene rings is 1. The Morgan fingerprint density at radius 3 is 2.43 bits per heavy atom. The molecule has 1 aliphatic rings. The van der Waals surface area contributed by atoms with Gasteiger partial charge in [-0.1, -0.05) is 12.1 Å². The zero-order chi connectivity index (χ0) is 15.4. The van der Waals surface area contributed by atoms with E-state index in [0.717, 1.165) is 42.7 Å². The Kier molecular flexibility index (Phi) is 5.23. The third kappa shape index (κ3) is 3.97. The summed E-state index contributed by atoms with van der Waals surface area (Å²) in [6, 6.07) is 4.64. The van der Waals surface area contributed by atoms with E-state index < -0.39 is 0 Å². The highest BCUT2D eigenvalue weighted by Crippen LogP contribution is 2.28.